The predicted octanol–water partition coefficient (Wildman–Crippen LogP) is 1.20. The second-order valence-corrected chi connectivity index (χ2v) is 3.73. The second-order valence-electron chi connectivity index (χ2n) is 3.73. The van der Waals surface area contributed by atoms with Crippen LogP contribution in [-0.2, 0) is 0 Å². The lowest BCUT2D eigenvalue weighted by atomic mass is 10.3. The van der Waals surface area contributed by atoms with Gasteiger partial charge in [-0.2, -0.15) is 9.67 Å². The molecular weight excluding hydrogens is 246 g/mol. The van der Waals surface area contributed by atoms with E-state index in [1.807, 2.05) is 0 Å². The standard InChI is InChI=1S/C12H9N5O2/c13-12-15-10(8-3-1-5-14-7-8)16-17(12)11(18)9-4-2-6-19-9/h1-7H,(H2,13,15,16). The summed E-state index contributed by atoms with van der Waals surface area (Å²) in [4.78, 5) is 20.0. The van der Waals surface area contributed by atoms with Gasteiger partial charge in [0.1, 0.15) is 0 Å². The molecular formula is C12H9N5O2. The number of nitrogens with zero attached hydrogens (tertiary/aromatic N) is 4. The van der Waals surface area contributed by atoms with E-state index in [0.29, 0.717) is 11.4 Å². The van der Waals surface area contributed by atoms with Crippen LogP contribution in [0.3, 0.4) is 0 Å². The second kappa shape index (κ2) is 4.37. The molecule has 0 radical (unpaired) electrons. The fraction of sp³-hybridized carbons (Fsp3) is 0. The lowest BCUT2D eigenvalue weighted by Gasteiger charge is -1.96. The number of pyridine rings is 1. The summed E-state index contributed by atoms with van der Waals surface area (Å²) in [7, 11) is 0. The third-order valence-corrected chi connectivity index (χ3v) is 2.48. The number of nitrogen functional groups attached to an aromatic ring is 1. The van der Waals surface area contributed by atoms with E-state index in [2.05, 4.69) is 15.1 Å². The highest BCUT2D eigenvalue weighted by atomic mass is 16.3. The Morgan fingerprint density at radius 3 is 2.89 bits per heavy atom. The van der Waals surface area contributed by atoms with E-state index in [1.165, 1.54) is 12.3 Å². The lowest BCUT2D eigenvalue weighted by molar-refractivity contribution is 0.0920. The number of aromatic nitrogens is 4. The number of nitrogens with two attached hydrogens (primary N) is 1. The summed E-state index contributed by atoms with van der Waals surface area (Å²) in [5, 5.41) is 4.07. The molecule has 0 spiro atoms. The molecule has 7 nitrogen and oxygen atoms in total. The fourth-order valence-electron chi connectivity index (χ4n) is 1.60. The molecule has 0 bridgehead atoms. The zero-order valence-corrected chi connectivity index (χ0v) is 9.72. The van der Waals surface area contributed by atoms with Crippen molar-refractivity contribution in [2.75, 3.05) is 5.73 Å². The van der Waals surface area contributed by atoms with Gasteiger partial charge in [-0.25, -0.2) is 0 Å². The number of hydrogen-bond acceptors (Lipinski definition) is 6. The van der Waals surface area contributed by atoms with Crippen molar-refractivity contribution in [1.82, 2.24) is 19.7 Å². The van der Waals surface area contributed by atoms with E-state index in [-0.39, 0.29) is 11.7 Å². The molecule has 0 aliphatic heterocycles. The molecule has 0 amide bonds. The maximum atomic E-state index is 12.0. The molecule has 2 N–H and O–H groups in total. The largest absolute Gasteiger partial charge is 0.459 e. The van der Waals surface area contributed by atoms with Gasteiger partial charge in [0.2, 0.25) is 5.95 Å². The van der Waals surface area contributed by atoms with E-state index < -0.39 is 5.91 Å². The summed E-state index contributed by atoms with van der Waals surface area (Å²) < 4.78 is 6.01. The van der Waals surface area contributed by atoms with E-state index in [0.717, 1.165) is 4.68 Å². The van der Waals surface area contributed by atoms with Crippen molar-refractivity contribution in [3.8, 4) is 11.4 Å². The van der Waals surface area contributed by atoms with Crippen molar-refractivity contribution in [2.45, 2.75) is 0 Å². The van der Waals surface area contributed by atoms with Crippen molar-refractivity contribution in [3.63, 3.8) is 0 Å². The molecule has 19 heavy (non-hydrogen) atoms. The van der Waals surface area contributed by atoms with Crippen molar-refractivity contribution >= 4 is 11.9 Å². The zero-order chi connectivity index (χ0) is 13.2. The monoisotopic (exact) mass is 255 g/mol. The van der Waals surface area contributed by atoms with Crippen LogP contribution in [0.4, 0.5) is 5.95 Å². The van der Waals surface area contributed by atoms with Gasteiger partial charge in [-0.3, -0.25) is 9.78 Å². The van der Waals surface area contributed by atoms with Gasteiger partial charge in [-0.15, -0.1) is 5.10 Å². The van der Waals surface area contributed by atoms with Crippen molar-refractivity contribution < 1.29 is 9.21 Å². The first-order chi connectivity index (χ1) is 9.25. The number of rotatable bonds is 2. The van der Waals surface area contributed by atoms with Gasteiger partial charge < -0.3 is 10.2 Å². The van der Waals surface area contributed by atoms with Gasteiger partial charge in [-0.05, 0) is 24.3 Å². The maximum absolute atomic E-state index is 12.0. The topological polar surface area (TPSA) is 99.8 Å². The summed E-state index contributed by atoms with van der Waals surface area (Å²) in [6, 6.07) is 6.68. The van der Waals surface area contributed by atoms with Crippen LogP contribution < -0.4 is 5.73 Å². The average Bonchev–Trinajstić information content (AvgIpc) is 3.08. The van der Waals surface area contributed by atoms with E-state index in [1.54, 1.807) is 30.6 Å². The van der Waals surface area contributed by atoms with Gasteiger partial charge in [0.05, 0.1) is 6.26 Å². The van der Waals surface area contributed by atoms with E-state index >= 15 is 0 Å². The number of carbonyl (C=O) groups is 1. The van der Waals surface area contributed by atoms with Crippen LogP contribution in [0.5, 0.6) is 0 Å². The Morgan fingerprint density at radius 2 is 2.21 bits per heavy atom. The molecule has 0 aliphatic carbocycles. The highest BCUT2D eigenvalue weighted by Gasteiger charge is 2.18. The average molecular weight is 255 g/mol. The molecule has 3 aromatic rings. The van der Waals surface area contributed by atoms with E-state index in [4.69, 9.17) is 10.2 Å². The summed E-state index contributed by atoms with van der Waals surface area (Å²) in [6.07, 6.45) is 4.64. The number of furan rings is 1. The Hall–Kier alpha value is -2.96. The first-order valence-electron chi connectivity index (χ1n) is 5.47. The molecule has 3 aromatic heterocycles. The normalized spacial score (nSPS) is 10.5. The van der Waals surface area contributed by atoms with Crippen molar-refractivity contribution in [3.05, 3.63) is 48.7 Å². The Bertz CT molecular complexity index is 703. The van der Waals surface area contributed by atoms with Gasteiger partial charge in [-0.1, -0.05) is 0 Å². The Morgan fingerprint density at radius 1 is 1.32 bits per heavy atom. The molecule has 94 valence electrons. The minimum Gasteiger partial charge on any atom is -0.459 e. The van der Waals surface area contributed by atoms with Crippen molar-refractivity contribution in [1.29, 1.82) is 0 Å². The number of anilines is 1. The number of carbonyl (C=O) groups excluding carboxylic acids is 1. The van der Waals surface area contributed by atoms with Crippen LogP contribution in [0, 0.1) is 0 Å². The predicted molar refractivity (Wildman–Crippen MR) is 66.1 cm³/mol. The molecule has 3 heterocycles. The highest BCUT2D eigenvalue weighted by molar-refractivity contribution is 5.94. The molecule has 0 fully saturated rings. The van der Waals surface area contributed by atoms with Crippen LogP contribution in [0.15, 0.2) is 47.3 Å². The Kier molecular flexibility index (Phi) is 2.57. The minimum atomic E-state index is -0.467. The Labute approximate surface area is 107 Å². The van der Waals surface area contributed by atoms with Gasteiger partial charge in [0.25, 0.3) is 0 Å². The summed E-state index contributed by atoms with van der Waals surface area (Å²) in [6.45, 7) is 0. The third kappa shape index (κ3) is 1.97. The van der Waals surface area contributed by atoms with Gasteiger partial charge in [0, 0.05) is 18.0 Å². The van der Waals surface area contributed by atoms with Gasteiger partial charge in [0.15, 0.2) is 11.6 Å². The smallest absolute Gasteiger partial charge is 0.317 e. The van der Waals surface area contributed by atoms with Crippen LogP contribution in [0.25, 0.3) is 11.4 Å². The van der Waals surface area contributed by atoms with Crippen LogP contribution >= 0.6 is 0 Å². The lowest BCUT2D eigenvalue weighted by Crippen LogP contribution is -2.15. The van der Waals surface area contributed by atoms with Crippen molar-refractivity contribution in [2.24, 2.45) is 0 Å². The molecule has 0 atom stereocenters. The molecule has 0 saturated carbocycles. The maximum Gasteiger partial charge on any atom is 0.317 e. The Balaban J connectivity index is 2.01. The van der Waals surface area contributed by atoms with Crippen LogP contribution in [-0.4, -0.2) is 25.7 Å². The van der Waals surface area contributed by atoms with E-state index in [9.17, 15) is 4.79 Å². The number of hydrogen-bond donors (Lipinski definition) is 1. The van der Waals surface area contributed by atoms with Gasteiger partial charge >= 0.3 is 5.91 Å². The molecule has 0 unspecified atom stereocenters. The molecule has 0 aromatic carbocycles. The van der Waals surface area contributed by atoms with Crippen LogP contribution in [0.1, 0.15) is 10.6 Å². The SMILES string of the molecule is Nc1nc(-c2cccnc2)nn1C(=O)c1ccco1. The minimum absolute atomic E-state index is 0.000234. The summed E-state index contributed by atoms with van der Waals surface area (Å²) in [5.74, 6) is 0.0187. The molecule has 0 aliphatic rings. The first-order valence-corrected chi connectivity index (χ1v) is 5.47. The molecule has 7 heteroatoms. The van der Waals surface area contributed by atoms with Crippen LogP contribution in [0.2, 0.25) is 0 Å². The quantitative estimate of drug-likeness (QED) is 0.738. The first kappa shape index (κ1) is 11.1. The summed E-state index contributed by atoms with van der Waals surface area (Å²) in [5.41, 5.74) is 6.37. The molecule has 0 saturated heterocycles. The fourth-order valence-corrected chi connectivity index (χ4v) is 1.60. The molecule has 3 rings (SSSR count). The third-order valence-electron chi connectivity index (χ3n) is 2.48. The highest BCUT2D eigenvalue weighted by Crippen LogP contribution is 2.16. The summed E-state index contributed by atoms with van der Waals surface area (Å²) >= 11 is 0. The zero-order valence-electron chi connectivity index (χ0n) is 9.72.